The van der Waals surface area contributed by atoms with E-state index in [0.717, 1.165) is 56.6 Å². The fourth-order valence-corrected chi connectivity index (χ4v) is 5.83. The Kier molecular flexibility index (Phi) is 9.57. The van der Waals surface area contributed by atoms with Crippen molar-refractivity contribution in [2.24, 2.45) is 5.92 Å². The minimum atomic E-state index is -0.833. The van der Waals surface area contributed by atoms with Gasteiger partial charge in [-0.25, -0.2) is 14.2 Å². The van der Waals surface area contributed by atoms with Crippen LogP contribution in [0.3, 0.4) is 0 Å². The summed E-state index contributed by atoms with van der Waals surface area (Å²) in [5.41, 5.74) is 2.16. The van der Waals surface area contributed by atoms with E-state index in [0.29, 0.717) is 43.4 Å². The lowest BCUT2D eigenvalue weighted by Gasteiger charge is -2.34. The SMILES string of the molecule is CC(C)[C@@H]1COc2cc(F)cc(C(C(=O)OC(C)(C)C)N3CC[C@@H](OCCCCc4ccc5c(n4)NCCC5)C3)c2O1. The van der Waals surface area contributed by atoms with Crippen LogP contribution in [0.1, 0.15) is 83.2 Å². The van der Waals surface area contributed by atoms with Gasteiger partial charge in [0.15, 0.2) is 11.5 Å². The Bertz CT molecular complexity index is 1250. The molecular formula is C33H46FN3O5. The van der Waals surface area contributed by atoms with E-state index in [-0.39, 0.29) is 18.1 Å². The van der Waals surface area contributed by atoms with Gasteiger partial charge in [0.2, 0.25) is 0 Å². The fourth-order valence-electron chi connectivity index (χ4n) is 5.83. The van der Waals surface area contributed by atoms with Crippen molar-refractivity contribution in [3.8, 4) is 11.5 Å². The normalized spacial score (nSPS) is 21.1. The third-order valence-corrected chi connectivity index (χ3v) is 8.06. The summed E-state index contributed by atoms with van der Waals surface area (Å²) in [7, 11) is 0. The number of halogens is 1. The first-order chi connectivity index (χ1) is 20.1. The van der Waals surface area contributed by atoms with Crippen LogP contribution in [-0.2, 0) is 27.1 Å². The van der Waals surface area contributed by atoms with Crippen molar-refractivity contribution < 1.29 is 28.1 Å². The zero-order valence-electron chi connectivity index (χ0n) is 25.7. The topological polar surface area (TPSA) is 82.2 Å². The van der Waals surface area contributed by atoms with Gasteiger partial charge < -0.3 is 24.3 Å². The van der Waals surface area contributed by atoms with Crippen LogP contribution >= 0.6 is 0 Å². The summed E-state index contributed by atoms with van der Waals surface area (Å²) in [5.74, 6) is 1.08. The average Bonchev–Trinajstić information content (AvgIpc) is 3.39. The maximum atomic E-state index is 14.8. The van der Waals surface area contributed by atoms with E-state index in [1.54, 1.807) is 0 Å². The lowest BCUT2D eigenvalue weighted by molar-refractivity contribution is -0.161. The third kappa shape index (κ3) is 7.53. The molecule has 1 unspecified atom stereocenters. The van der Waals surface area contributed by atoms with Gasteiger partial charge in [0, 0.05) is 43.6 Å². The molecule has 1 aromatic heterocycles. The van der Waals surface area contributed by atoms with Gasteiger partial charge in [0.05, 0.1) is 6.10 Å². The number of likely N-dealkylation sites (tertiary alicyclic amines) is 1. The van der Waals surface area contributed by atoms with Crippen LogP contribution < -0.4 is 14.8 Å². The number of nitrogens with zero attached hydrogens (tertiary/aromatic N) is 2. The van der Waals surface area contributed by atoms with E-state index >= 15 is 0 Å². The second-order valence-corrected chi connectivity index (χ2v) is 13.0. The molecule has 2 aromatic rings. The van der Waals surface area contributed by atoms with Crippen LogP contribution in [0.2, 0.25) is 0 Å². The molecule has 1 N–H and O–H groups in total. The van der Waals surface area contributed by atoms with E-state index in [1.807, 2.05) is 25.7 Å². The number of carbonyl (C=O) groups is 1. The maximum Gasteiger partial charge on any atom is 0.328 e. The highest BCUT2D eigenvalue weighted by molar-refractivity contribution is 5.80. The summed E-state index contributed by atoms with van der Waals surface area (Å²) < 4.78 is 39.2. The predicted molar refractivity (Wildman–Crippen MR) is 160 cm³/mol. The van der Waals surface area contributed by atoms with E-state index in [4.69, 9.17) is 23.9 Å². The van der Waals surface area contributed by atoms with Crippen molar-refractivity contribution >= 4 is 11.8 Å². The summed E-state index contributed by atoms with van der Waals surface area (Å²) >= 11 is 0. The molecule has 0 bridgehead atoms. The predicted octanol–water partition coefficient (Wildman–Crippen LogP) is 5.87. The second-order valence-electron chi connectivity index (χ2n) is 13.0. The van der Waals surface area contributed by atoms with Gasteiger partial charge in [-0.05, 0) is 82.9 Å². The lowest BCUT2D eigenvalue weighted by Crippen LogP contribution is -2.39. The van der Waals surface area contributed by atoms with Crippen LogP contribution in [0, 0.1) is 11.7 Å². The van der Waals surface area contributed by atoms with Gasteiger partial charge in [-0.2, -0.15) is 0 Å². The molecule has 9 heteroatoms. The minimum Gasteiger partial charge on any atom is -0.486 e. The monoisotopic (exact) mass is 583 g/mol. The molecule has 0 spiro atoms. The van der Waals surface area contributed by atoms with Crippen LogP contribution in [-0.4, -0.2) is 66.5 Å². The largest absolute Gasteiger partial charge is 0.486 e. The average molecular weight is 584 g/mol. The van der Waals surface area contributed by atoms with Gasteiger partial charge >= 0.3 is 5.97 Å². The van der Waals surface area contributed by atoms with Crippen LogP contribution in [0.5, 0.6) is 11.5 Å². The maximum absolute atomic E-state index is 14.8. The number of carbonyl (C=O) groups excluding carboxylic acids is 1. The van der Waals surface area contributed by atoms with Gasteiger partial charge in [0.1, 0.15) is 36.0 Å². The number of hydrogen-bond acceptors (Lipinski definition) is 8. The molecule has 8 nitrogen and oxygen atoms in total. The number of anilines is 1. The minimum absolute atomic E-state index is 0.0222. The Morgan fingerprint density at radius 2 is 2.07 bits per heavy atom. The standard InChI is InChI=1S/C33H46FN3O5/c1-21(2)28-20-40-27-18-23(34)17-26(30(27)41-28)29(32(38)42-33(3,4)5)37-15-13-25(19-37)39-16-7-6-10-24-12-11-22-9-8-14-35-31(22)36-24/h11-12,17-18,21,25,28-29H,6-10,13-16,19-20H2,1-5H3,(H,35,36)/t25-,28+,29?/m1/s1. The van der Waals surface area contributed by atoms with Gasteiger partial charge in [0.25, 0.3) is 0 Å². The number of aromatic nitrogens is 1. The Labute approximate surface area is 249 Å². The molecular weight excluding hydrogens is 537 g/mol. The molecule has 0 radical (unpaired) electrons. The van der Waals surface area contributed by atoms with E-state index < -0.39 is 23.4 Å². The first-order valence-corrected chi connectivity index (χ1v) is 15.5. The second kappa shape index (κ2) is 13.2. The van der Waals surface area contributed by atoms with Gasteiger partial charge in [-0.15, -0.1) is 0 Å². The van der Waals surface area contributed by atoms with E-state index in [2.05, 4.69) is 31.3 Å². The summed E-state index contributed by atoms with van der Waals surface area (Å²) in [5, 5.41) is 3.40. The van der Waals surface area contributed by atoms with Crippen molar-refractivity contribution in [1.29, 1.82) is 0 Å². The highest BCUT2D eigenvalue weighted by Crippen LogP contribution is 2.43. The number of unbranched alkanes of at least 4 members (excludes halogenated alkanes) is 1. The summed E-state index contributed by atoms with van der Waals surface area (Å²) in [6, 6.07) is 6.22. The molecule has 0 amide bonds. The molecule has 3 aliphatic rings. The number of aryl methyl sites for hydroxylation is 2. The van der Waals surface area contributed by atoms with Crippen molar-refractivity contribution in [2.45, 2.75) is 97.0 Å². The molecule has 42 heavy (non-hydrogen) atoms. The zero-order valence-corrected chi connectivity index (χ0v) is 25.7. The molecule has 3 aliphatic heterocycles. The summed E-state index contributed by atoms with van der Waals surface area (Å²) in [6.45, 7) is 12.8. The van der Waals surface area contributed by atoms with E-state index in [9.17, 15) is 9.18 Å². The molecule has 0 saturated carbocycles. The Morgan fingerprint density at radius 1 is 1.24 bits per heavy atom. The van der Waals surface area contributed by atoms with Crippen molar-refractivity contribution in [3.05, 3.63) is 46.9 Å². The summed E-state index contributed by atoms with van der Waals surface area (Å²) in [4.78, 5) is 20.5. The van der Waals surface area contributed by atoms with Gasteiger partial charge in [-0.1, -0.05) is 19.9 Å². The van der Waals surface area contributed by atoms with Crippen LogP contribution in [0.15, 0.2) is 24.3 Å². The molecule has 0 aliphatic carbocycles. The van der Waals surface area contributed by atoms with Crippen molar-refractivity contribution in [3.63, 3.8) is 0 Å². The lowest BCUT2D eigenvalue weighted by atomic mass is 10.0. The quantitative estimate of drug-likeness (QED) is 0.275. The molecule has 4 heterocycles. The van der Waals surface area contributed by atoms with Crippen molar-refractivity contribution in [2.75, 3.05) is 38.2 Å². The highest BCUT2D eigenvalue weighted by Gasteiger charge is 2.40. The molecule has 5 rings (SSSR count). The van der Waals surface area contributed by atoms with Crippen molar-refractivity contribution in [1.82, 2.24) is 9.88 Å². The van der Waals surface area contributed by atoms with E-state index in [1.165, 1.54) is 17.7 Å². The number of ether oxygens (including phenoxy) is 4. The number of hydrogen-bond donors (Lipinski definition) is 1. The third-order valence-electron chi connectivity index (χ3n) is 8.06. The molecule has 1 aromatic carbocycles. The summed E-state index contributed by atoms with van der Waals surface area (Å²) in [6.07, 6.45) is 5.66. The fraction of sp³-hybridized carbons (Fsp3) is 0.636. The number of fused-ring (bicyclic) bond motifs is 2. The first kappa shape index (κ1) is 30.5. The number of pyridine rings is 1. The Balaban J connectivity index is 1.22. The van der Waals surface area contributed by atoms with Gasteiger partial charge in [-0.3, -0.25) is 4.90 Å². The smallest absolute Gasteiger partial charge is 0.328 e. The Morgan fingerprint density at radius 3 is 2.86 bits per heavy atom. The zero-order chi connectivity index (χ0) is 29.9. The molecule has 1 fully saturated rings. The van der Waals surface area contributed by atoms with Crippen LogP contribution in [0.4, 0.5) is 10.2 Å². The molecule has 230 valence electrons. The first-order valence-electron chi connectivity index (χ1n) is 15.5. The Hall–Kier alpha value is -2.91. The molecule has 3 atom stereocenters. The molecule has 1 saturated heterocycles. The van der Waals surface area contributed by atoms with Crippen LogP contribution in [0.25, 0.3) is 0 Å². The number of nitrogens with one attached hydrogen (secondary N) is 1. The highest BCUT2D eigenvalue weighted by atomic mass is 19.1. The number of benzene rings is 1. The number of rotatable bonds is 10. The number of esters is 1.